The summed E-state index contributed by atoms with van der Waals surface area (Å²) in [6.45, 7) is 2.07. The van der Waals surface area contributed by atoms with Gasteiger partial charge in [0, 0.05) is 13.1 Å². The second-order valence-electron chi connectivity index (χ2n) is 2.98. The molecule has 1 aliphatic heterocycles. The van der Waals surface area contributed by atoms with E-state index in [1.807, 2.05) is 0 Å². The molecule has 0 aromatic carbocycles. The molecular weight excluding hydrogens is 209 g/mol. The topological polar surface area (TPSA) is 29.0 Å². The molecule has 0 amide bonds. The summed E-state index contributed by atoms with van der Waals surface area (Å²) in [7, 11) is 0. The lowest BCUT2D eigenvalue weighted by Crippen LogP contribution is -2.29. The largest absolute Gasteiger partial charge is 0.347 e. The highest BCUT2D eigenvalue weighted by Gasteiger charge is 2.15. The van der Waals surface area contributed by atoms with Crippen molar-refractivity contribution in [3.8, 4) is 0 Å². The van der Waals surface area contributed by atoms with Crippen molar-refractivity contribution in [3.05, 3.63) is 0 Å². The summed E-state index contributed by atoms with van der Waals surface area (Å²) in [5.41, 5.74) is 0. The van der Waals surface area contributed by atoms with Crippen LogP contribution in [0.2, 0.25) is 0 Å². The van der Waals surface area contributed by atoms with Crippen LogP contribution < -0.4 is 4.90 Å². The number of rotatable bonds is 2. The van der Waals surface area contributed by atoms with E-state index in [9.17, 15) is 3.89 Å². The van der Waals surface area contributed by atoms with Gasteiger partial charge in [0.05, 0.1) is 0 Å². The van der Waals surface area contributed by atoms with Gasteiger partial charge >= 0.3 is 0 Å². The number of halogens is 1. The zero-order chi connectivity index (χ0) is 9.10. The third-order valence-electron chi connectivity index (χ3n) is 2.09. The first kappa shape index (κ1) is 9.21. The minimum absolute atomic E-state index is 0.172. The Morgan fingerprint density at radius 2 is 2.00 bits per heavy atom. The van der Waals surface area contributed by atoms with Crippen molar-refractivity contribution in [1.82, 2.24) is 10.2 Å². The van der Waals surface area contributed by atoms with E-state index >= 15 is 0 Å². The molecule has 0 unspecified atom stereocenters. The molecule has 1 aromatic heterocycles. The van der Waals surface area contributed by atoms with Crippen LogP contribution in [0.5, 0.6) is 0 Å². The molecule has 6 heteroatoms. The molecule has 2 heterocycles. The zero-order valence-electron chi connectivity index (χ0n) is 7.07. The Morgan fingerprint density at radius 3 is 2.62 bits per heavy atom. The minimum atomic E-state index is 0.172. The Morgan fingerprint density at radius 1 is 1.23 bits per heavy atom. The molecule has 0 saturated carbocycles. The minimum Gasteiger partial charge on any atom is -0.347 e. The predicted octanol–water partition coefficient (Wildman–Crippen LogP) is 2.51. The molecule has 0 bridgehead atoms. The Bertz CT molecular complexity index is 272. The van der Waals surface area contributed by atoms with Crippen molar-refractivity contribution < 1.29 is 3.89 Å². The van der Waals surface area contributed by atoms with Crippen LogP contribution in [-0.2, 0) is 0 Å². The number of piperidine rings is 1. The molecular formula is C7H10FN3S2. The molecule has 1 aliphatic rings. The Labute approximate surface area is 84.6 Å². The molecule has 13 heavy (non-hydrogen) atoms. The van der Waals surface area contributed by atoms with Gasteiger partial charge in [-0.2, -0.15) is 3.89 Å². The van der Waals surface area contributed by atoms with Crippen molar-refractivity contribution in [2.24, 2.45) is 0 Å². The van der Waals surface area contributed by atoms with E-state index in [0.29, 0.717) is 4.34 Å². The number of aromatic nitrogens is 2. The van der Waals surface area contributed by atoms with Crippen molar-refractivity contribution in [3.63, 3.8) is 0 Å². The summed E-state index contributed by atoms with van der Waals surface area (Å²) in [6.07, 6.45) is 3.70. The lowest BCUT2D eigenvalue weighted by Gasteiger charge is -2.25. The molecule has 0 atom stereocenters. The van der Waals surface area contributed by atoms with E-state index in [1.165, 1.54) is 30.6 Å². The average molecular weight is 219 g/mol. The third kappa shape index (κ3) is 2.11. The number of nitrogens with zero attached hydrogens (tertiary/aromatic N) is 3. The fourth-order valence-corrected chi connectivity index (χ4v) is 2.50. The van der Waals surface area contributed by atoms with Gasteiger partial charge in [0.1, 0.15) is 12.1 Å². The molecule has 1 fully saturated rings. The van der Waals surface area contributed by atoms with Crippen molar-refractivity contribution in [2.45, 2.75) is 23.6 Å². The summed E-state index contributed by atoms with van der Waals surface area (Å²) >= 11 is 1.50. The fourth-order valence-electron chi connectivity index (χ4n) is 1.45. The molecule has 3 nitrogen and oxygen atoms in total. The van der Waals surface area contributed by atoms with Gasteiger partial charge in [0.25, 0.3) is 0 Å². The molecule has 1 saturated heterocycles. The number of hydrogen-bond donors (Lipinski definition) is 0. The standard InChI is InChI=1S/C7H10FN3S2/c8-13-7-10-9-6(12-7)11-4-2-1-3-5-11/h1-5H2. The van der Waals surface area contributed by atoms with Crippen LogP contribution in [-0.4, -0.2) is 23.3 Å². The highest BCUT2D eigenvalue weighted by atomic mass is 32.2. The van der Waals surface area contributed by atoms with Gasteiger partial charge < -0.3 is 4.90 Å². The first-order valence-electron chi connectivity index (χ1n) is 4.27. The van der Waals surface area contributed by atoms with Gasteiger partial charge in [0.2, 0.25) is 9.47 Å². The van der Waals surface area contributed by atoms with Crippen LogP contribution >= 0.6 is 23.5 Å². The number of anilines is 1. The molecule has 2 rings (SSSR count). The maximum Gasteiger partial charge on any atom is 0.209 e. The maximum atomic E-state index is 12.1. The van der Waals surface area contributed by atoms with Crippen LogP contribution in [0.4, 0.5) is 9.02 Å². The van der Waals surface area contributed by atoms with Crippen LogP contribution in [0.15, 0.2) is 4.34 Å². The van der Waals surface area contributed by atoms with Crippen molar-refractivity contribution >= 4 is 28.6 Å². The van der Waals surface area contributed by atoms with Crippen LogP contribution in [0.1, 0.15) is 19.3 Å². The van der Waals surface area contributed by atoms with Crippen molar-refractivity contribution in [2.75, 3.05) is 18.0 Å². The number of hydrogen-bond acceptors (Lipinski definition) is 5. The molecule has 1 aromatic rings. The quantitative estimate of drug-likeness (QED) is 0.764. The summed E-state index contributed by atoms with van der Waals surface area (Å²) in [5, 5.41) is 8.53. The SMILES string of the molecule is FSc1nnc(N2CCCCC2)s1. The second kappa shape index (κ2) is 4.23. The first-order valence-corrected chi connectivity index (χ1v) is 5.80. The van der Waals surface area contributed by atoms with E-state index in [4.69, 9.17) is 0 Å². The van der Waals surface area contributed by atoms with E-state index < -0.39 is 0 Å². The van der Waals surface area contributed by atoms with Gasteiger partial charge in [0.15, 0.2) is 0 Å². The first-order chi connectivity index (χ1) is 6.40. The predicted molar refractivity (Wildman–Crippen MR) is 52.9 cm³/mol. The maximum absolute atomic E-state index is 12.1. The second-order valence-corrected chi connectivity index (χ2v) is 4.73. The summed E-state index contributed by atoms with van der Waals surface area (Å²) < 4.78 is 12.5. The van der Waals surface area contributed by atoms with Gasteiger partial charge in [-0.3, -0.25) is 0 Å². The normalized spacial score (nSPS) is 17.8. The lowest BCUT2D eigenvalue weighted by molar-refractivity contribution is 0.575. The van der Waals surface area contributed by atoms with E-state index in [2.05, 4.69) is 15.1 Å². The fraction of sp³-hybridized carbons (Fsp3) is 0.714. The highest BCUT2D eigenvalue weighted by Crippen LogP contribution is 2.29. The smallest absolute Gasteiger partial charge is 0.209 e. The van der Waals surface area contributed by atoms with E-state index in [0.717, 1.165) is 18.2 Å². The van der Waals surface area contributed by atoms with Crippen molar-refractivity contribution in [1.29, 1.82) is 0 Å². The lowest BCUT2D eigenvalue weighted by atomic mass is 10.1. The Hall–Kier alpha value is -0.360. The summed E-state index contributed by atoms with van der Waals surface area (Å²) in [6, 6.07) is 0. The van der Waals surface area contributed by atoms with Gasteiger partial charge in [-0.1, -0.05) is 11.3 Å². The molecule has 72 valence electrons. The highest BCUT2D eigenvalue weighted by molar-refractivity contribution is 7.96. The van der Waals surface area contributed by atoms with Gasteiger partial charge in [-0.25, -0.2) is 0 Å². The van der Waals surface area contributed by atoms with Crippen LogP contribution in [0, 0.1) is 0 Å². The Balaban J connectivity index is 2.05. The average Bonchev–Trinajstić information content (AvgIpc) is 2.67. The Kier molecular flexibility index (Phi) is 3.00. The molecule has 0 radical (unpaired) electrons. The summed E-state index contributed by atoms with van der Waals surface area (Å²) in [4.78, 5) is 2.18. The van der Waals surface area contributed by atoms with E-state index in [1.54, 1.807) is 0 Å². The zero-order valence-corrected chi connectivity index (χ0v) is 8.70. The summed E-state index contributed by atoms with van der Waals surface area (Å²) in [5.74, 6) is 0. The van der Waals surface area contributed by atoms with Crippen LogP contribution in [0.3, 0.4) is 0 Å². The van der Waals surface area contributed by atoms with E-state index in [-0.39, 0.29) is 12.1 Å². The van der Waals surface area contributed by atoms with Gasteiger partial charge in [-0.05, 0) is 19.3 Å². The molecule has 0 N–H and O–H groups in total. The van der Waals surface area contributed by atoms with Gasteiger partial charge in [-0.15, -0.1) is 10.2 Å². The molecule has 0 aliphatic carbocycles. The third-order valence-corrected chi connectivity index (χ3v) is 3.52. The van der Waals surface area contributed by atoms with Crippen LogP contribution in [0.25, 0.3) is 0 Å². The molecule has 0 spiro atoms. The monoisotopic (exact) mass is 219 g/mol.